The first-order valence-corrected chi connectivity index (χ1v) is 5.15. The minimum atomic E-state index is 0.231. The third-order valence-electron chi connectivity index (χ3n) is 1.49. The maximum absolute atomic E-state index is 5.21. The minimum Gasteiger partial charge on any atom is -0.464 e. The summed E-state index contributed by atoms with van der Waals surface area (Å²) in [6.45, 7) is 2.31. The summed E-state index contributed by atoms with van der Waals surface area (Å²) in [5, 5.41) is 0. The number of ether oxygens (including phenoxy) is 1. The van der Waals surface area contributed by atoms with Crippen LogP contribution in [0.4, 0.5) is 0 Å². The second-order valence-corrected chi connectivity index (χ2v) is 3.50. The molecule has 0 aliphatic carbocycles. The molecule has 0 saturated heterocycles. The predicted molar refractivity (Wildman–Crippen MR) is 58.1 cm³/mol. The minimum absolute atomic E-state index is 0.231. The first-order valence-electron chi connectivity index (χ1n) is 4.36. The molecule has 1 heterocycles. The number of aryl methyl sites for hydroxylation is 1. The monoisotopic (exact) mass is 254 g/mol. The molecule has 3 nitrogen and oxygen atoms in total. The van der Waals surface area contributed by atoms with Gasteiger partial charge in [-0.3, -0.25) is 0 Å². The summed E-state index contributed by atoms with van der Waals surface area (Å²) in [7, 11) is 0. The Morgan fingerprint density at radius 1 is 1.57 bits per heavy atom. The van der Waals surface area contributed by atoms with E-state index in [1.54, 1.807) is 6.07 Å². The van der Waals surface area contributed by atoms with Crippen LogP contribution in [0.15, 0.2) is 10.7 Å². The number of rotatable bonds is 4. The van der Waals surface area contributed by atoms with Crippen molar-refractivity contribution in [1.82, 2.24) is 9.97 Å². The highest BCUT2D eigenvalue weighted by Crippen LogP contribution is 2.14. The summed E-state index contributed by atoms with van der Waals surface area (Å²) in [6.07, 6.45) is 6.93. The lowest BCUT2D eigenvalue weighted by atomic mass is 10.3. The topological polar surface area (TPSA) is 35.0 Å². The molecular formula is C10H11BrN2O. The Labute approximate surface area is 92.0 Å². The van der Waals surface area contributed by atoms with E-state index in [1.165, 1.54) is 0 Å². The van der Waals surface area contributed by atoms with Gasteiger partial charge in [-0.25, -0.2) is 4.98 Å². The van der Waals surface area contributed by atoms with Crippen molar-refractivity contribution in [1.29, 1.82) is 0 Å². The van der Waals surface area contributed by atoms with E-state index in [1.807, 2.05) is 0 Å². The first-order chi connectivity index (χ1) is 6.76. The lowest BCUT2D eigenvalue weighted by Gasteiger charge is -2.03. The standard InChI is InChI=1S/C10H11BrN2O/c1-3-5-9-12-8(11)7-10(13-9)14-6-4-2/h2,7H,3,5-6H2,1H3. The zero-order valence-corrected chi connectivity index (χ0v) is 9.54. The Kier molecular flexibility index (Phi) is 4.41. The lowest BCUT2D eigenvalue weighted by Crippen LogP contribution is -2.01. The van der Waals surface area contributed by atoms with Crippen LogP contribution in [-0.4, -0.2) is 16.6 Å². The smallest absolute Gasteiger partial charge is 0.218 e. The average molecular weight is 255 g/mol. The molecule has 0 atom stereocenters. The van der Waals surface area contributed by atoms with Crippen LogP contribution in [0.3, 0.4) is 0 Å². The van der Waals surface area contributed by atoms with Gasteiger partial charge in [0.15, 0.2) is 6.61 Å². The summed E-state index contributed by atoms with van der Waals surface area (Å²) in [5.74, 6) is 3.68. The third kappa shape index (κ3) is 3.35. The van der Waals surface area contributed by atoms with E-state index >= 15 is 0 Å². The summed E-state index contributed by atoms with van der Waals surface area (Å²) in [4.78, 5) is 8.41. The number of hydrogen-bond acceptors (Lipinski definition) is 3. The Morgan fingerprint density at radius 2 is 2.36 bits per heavy atom. The number of halogens is 1. The highest BCUT2D eigenvalue weighted by molar-refractivity contribution is 9.10. The van der Waals surface area contributed by atoms with Crippen LogP contribution in [0.5, 0.6) is 5.88 Å². The van der Waals surface area contributed by atoms with Crippen LogP contribution in [0.2, 0.25) is 0 Å². The number of aromatic nitrogens is 2. The molecule has 0 aliphatic heterocycles. The van der Waals surface area contributed by atoms with Gasteiger partial charge in [-0.15, -0.1) is 6.42 Å². The van der Waals surface area contributed by atoms with E-state index in [2.05, 4.69) is 38.7 Å². The molecule has 0 spiro atoms. The van der Waals surface area contributed by atoms with E-state index in [0.717, 1.165) is 23.3 Å². The maximum atomic E-state index is 5.21. The maximum Gasteiger partial charge on any atom is 0.218 e. The molecular weight excluding hydrogens is 244 g/mol. The van der Waals surface area contributed by atoms with Crippen molar-refractivity contribution in [3.63, 3.8) is 0 Å². The number of nitrogens with zero attached hydrogens (tertiary/aromatic N) is 2. The number of hydrogen-bond donors (Lipinski definition) is 0. The van der Waals surface area contributed by atoms with E-state index in [0.29, 0.717) is 5.88 Å². The van der Waals surface area contributed by atoms with Gasteiger partial charge >= 0.3 is 0 Å². The fourth-order valence-corrected chi connectivity index (χ4v) is 1.37. The van der Waals surface area contributed by atoms with Crippen LogP contribution < -0.4 is 4.74 Å². The average Bonchev–Trinajstić information content (AvgIpc) is 2.14. The summed E-state index contributed by atoms with van der Waals surface area (Å²) in [5.41, 5.74) is 0. The van der Waals surface area contributed by atoms with Gasteiger partial charge in [0.1, 0.15) is 10.4 Å². The van der Waals surface area contributed by atoms with Gasteiger partial charge in [-0.2, -0.15) is 4.98 Å². The fraction of sp³-hybridized carbons (Fsp3) is 0.400. The van der Waals surface area contributed by atoms with Crippen LogP contribution in [0.25, 0.3) is 0 Å². The second-order valence-electron chi connectivity index (χ2n) is 2.69. The Hall–Kier alpha value is -1.08. The Balaban J connectivity index is 2.79. The summed E-state index contributed by atoms with van der Waals surface area (Å²) < 4.78 is 5.93. The highest BCUT2D eigenvalue weighted by Gasteiger charge is 2.02. The van der Waals surface area contributed by atoms with E-state index in [-0.39, 0.29) is 6.61 Å². The van der Waals surface area contributed by atoms with Gasteiger partial charge < -0.3 is 4.74 Å². The van der Waals surface area contributed by atoms with Crippen LogP contribution in [-0.2, 0) is 6.42 Å². The molecule has 0 aliphatic rings. The van der Waals surface area contributed by atoms with Crippen molar-refractivity contribution < 1.29 is 4.74 Å². The van der Waals surface area contributed by atoms with Gasteiger partial charge in [0.05, 0.1) is 0 Å². The highest BCUT2D eigenvalue weighted by atomic mass is 79.9. The largest absolute Gasteiger partial charge is 0.464 e. The van der Waals surface area contributed by atoms with Crippen molar-refractivity contribution >= 4 is 15.9 Å². The van der Waals surface area contributed by atoms with Crippen molar-refractivity contribution in [2.75, 3.05) is 6.61 Å². The molecule has 1 aromatic rings. The van der Waals surface area contributed by atoms with Crippen LogP contribution in [0.1, 0.15) is 19.2 Å². The number of terminal acetylenes is 1. The Bertz CT molecular complexity index is 346. The zero-order valence-electron chi connectivity index (χ0n) is 7.96. The molecule has 74 valence electrons. The lowest BCUT2D eigenvalue weighted by molar-refractivity contribution is 0.352. The van der Waals surface area contributed by atoms with E-state index in [9.17, 15) is 0 Å². The van der Waals surface area contributed by atoms with E-state index < -0.39 is 0 Å². The normalized spacial score (nSPS) is 9.50. The quantitative estimate of drug-likeness (QED) is 0.611. The molecule has 4 heteroatoms. The zero-order chi connectivity index (χ0) is 10.4. The van der Waals surface area contributed by atoms with Gasteiger partial charge in [-0.1, -0.05) is 12.8 Å². The molecule has 0 bridgehead atoms. The van der Waals surface area contributed by atoms with Gasteiger partial charge in [0.2, 0.25) is 5.88 Å². The van der Waals surface area contributed by atoms with Crippen LogP contribution in [0, 0.1) is 12.3 Å². The summed E-state index contributed by atoms with van der Waals surface area (Å²) >= 11 is 3.29. The second kappa shape index (κ2) is 5.61. The van der Waals surface area contributed by atoms with Gasteiger partial charge in [0.25, 0.3) is 0 Å². The molecule has 0 fully saturated rings. The molecule has 1 rings (SSSR count). The molecule has 0 aromatic carbocycles. The van der Waals surface area contributed by atoms with Crippen molar-refractivity contribution in [3.05, 3.63) is 16.5 Å². The van der Waals surface area contributed by atoms with Crippen molar-refractivity contribution in [2.24, 2.45) is 0 Å². The molecule has 0 amide bonds. The molecule has 0 radical (unpaired) electrons. The molecule has 0 saturated carbocycles. The SMILES string of the molecule is C#CCOc1cc(Br)nc(CCC)n1. The van der Waals surface area contributed by atoms with Crippen molar-refractivity contribution in [3.8, 4) is 18.2 Å². The molecule has 1 aromatic heterocycles. The first kappa shape index (κ1) is 11.0. The molecule has 14 heavy (non-hydrogen) atoms. The third-order valence-corrected chi connectivity index (χ3v) is 1.90. The van der Waals surface area contributed by atoms with Gasteiger partial charge in [-0.05, 0) is 22.4 Å². The fourth-order valence-electron chi connectivity index (χ4n) is 0.967. The summed E-state index contributed by atoms with van der Waals surface area (Å²) in [6, 6.07) is 1.70. The predicted octanol–water partition coefficient (Wildman–Crippen LogP) is 2.20. The Morgan fingerprint density at radius 3 is 3.00 bits per heavy atom. The van der Waals surface area contributed by atoms with Crippen molar-refractivity contribution in [2.45, 2.75) is 19.8 Å². The van der Waals surface area contributed by atoms with Gasteiger partial charge in [0, 0.05) is 12.5 Å². The molecule has 0 unspecified atom stereocenters. The molecule has 0 N–H and O–H groups in total. The van der Waals surface area contributed by atoms with Crippen LogP contribution >= 0.6 is 15.9 Å². The van der Waals surface area contributed by atoms with E-state index in [4.69, 9.17) is 11.2 Å².